The van der Waals surface area contributed by atoms with Crippen molar-refractivity contribution in [3.8, 4) is 0 Å². The first kappa shape index (κ1) is 11.5. The molecule has 1 saturated carbocycles. The number of rotatable bonds is 5. The van der Waals surface area contributed by atoms with Gasteiger partial charge in [-0.05, 0) is 39.0 Å². The SMILES string of the molecule is CCC(NC(C)(C)C(=O)OC)C1CC1. The topological polar surface area (TPSA) is 38.3 Å². The zero-order valence-corrected chi connectivity index (χ0v) is 9.59. The van der Waals surface area contributed by atoms with Crippen molar-refractivity contribution < 1.29 is 9.53 Å². The largest absolute Gasteiger partial charge is 0.468 e. The third-order valence-electron chi connectivity index (χ3n) is 2.87. The fourth-order valence-electron chi connectivity index (χ4n) is 1.83. The lowest BCUT2D eigenvalue weighted by Gasteiger charge is -2.29. The van der Waals surface area contributed by atoms with E-state index in [1.165, 1.54) is 20.0 Å². The van der Waals surface area contributed by atoms with E-state index in [1.807, 2.05) is 13.8 Å². The molecule has 1 fully saturated rings. The Kier molecular flexibility index (Phi) is 3.53. The van der Waals surface area contributed by atoms with Gasteiger partial charge in [-0.15, -0.1) is 0 Å². The molecule has 14 heavy (non-hydrogen) atoms. The Morgan fingerprint density at radius 2 is 2.14 bits per heavy atom. The molecule has 0 aromatic heterocycles. The van der Waals surface area contributed by atoms with Gasteiger partial charge in [-0.1, -0.05) is 6.92 Å². The number of hydrogen-bond acceptors (Lipinski definition) is 3. The van der Waals surface area contributed by atoms with Crippen molar-refractivity contribution in [3.05, 3.63) is 0 Å². The third-order valence-corrected chi connectivity index (χ3v) is 2.87. The molecule has 1 aliphatic rings. The van der Waals surface area contributed by atoms with Crippen LogP contribution in [0.2, 0.25) is 0 Å². The van der Waals surface area contributed by atoms with Crippen molar-refractivity contribution in [2.45, 2.75) is 51.6 Å². The van der Waals surface area contributed by atoms with Crippen LogP contribution in [-0.2, 0) is 9.53 Å². The van der Waals surface area contributed by atoms with Crippen LogP contribution in [0.5, 0.6) is 0 Å². The first-order valence-electron chi connectivity index (χ1n) is 5.37. The summed E-state index contributed by atoms with van der Waals surface area (Å²) in [6.45, 7) is 5.91. The maximum absolute atomic E-state index is 11.4. The van der Waals surface area contributed by atoms with Crippen LogP contribution in [0.3, 0.4) is 0 Å². The summed E-state index contributed by atoms with van der Waals surface area (Å²) in [5, 5.41) is 3.38. The van der Waals surface area contributed by atoms with Crippen LogP contribution in [0.25, 0.3) is 0 Å². The van der Waals surface area contributed by atoms with E-state index in [4.69, 9.17) is 4.74 Å². The molecular formula is C11H21NO2. The maximum atomic E-state index is 11.4. The predicted molar refractivity (Wildman–Crippen MR) is 56.0 cm³/mol. The Morgan fingerprint density at radius 3 is 2.50 bits per heavy atom. The number of carbonyl (C=O) groups excluding carboxylic acids is 1. The number of methoxy groups -OCH3 is 1. The van der Waals surface area contributed by atoms with Gasteiger partial charge in [-0.2, -0.15) is 0 Å². The zero-order valence-electron chi connectivity index (χ0n) is 9.59. The van der Waals surface area contributed by atoms with Crippen LogP contribution in [0, 0.1) is 5.92 Å². The monoisotopic (exact) mass is 199 g/mol. The highest BCUT2D eigenvalue weighted by Crippen LogP contribution is 2.34. The molecule has 1 rings (SSSR count). The number of nitrogens with one attached hydrogen (secondary N) is 1. The molecule has 1 aliphatic carbocycles. The Balaban J connectivity index is 2.50. The molecule has 0 saturated heterocycles. The second kappa shape index (κ2) is 4.30. The van der Waals surface area contributed by atoms with Crippen molar-refractivity contribution in [1.82, 2.24) is 5.32 Å². The Hall–Kier alpha value is -0.570. The molecule has 0 spiro atoms. The summed E-state index contributed by atoms with van der Waals surface area (Å²) in [6.07, 6.45) is 3.66. The van der Waals surface area contributed by atoms with Gasteiger partial charge < -0.3 is 4.74 Å². The molecule has 1 unspecified atom stereocenters. The molecule has 0 amide bonds. The molecule has 1 N–H and O–H groups in total. The second-order valence-electron chi connectivity index (χ2n) is 4.61. The van der Waals surface area contributed by atoms with E-state index in [0.717, 1.165) is 12.3 Å². The highest BCUT2D eigenvalue weighted by Gasteiger charge is 2.37. The zero-order chi connectivity index (χ0) is 10.8. The average molecular weight is 199 g/mol. The van der Waals surface area contributed by atoms with Gasteiger partial charge in [0, 0.05) is 6.04 Å². The Bertz CT molecular complexity index is 209. The van der Waals surface area contributed by atoms with Crippen LogP contribution < -0.4 is 5.32 Å². The maximum Gasteiger partial charge on any atom is 0.325 e. The summed E-state index contributed by atoms with van der Waals surface area (Å²) in [5.74, 6) is 0.584. The normalized spacial score (nSPS) is 19.1. The summed E-state index contributed by atoms with van der Waals surface area (Å²) in [4.78, 5) is 11.4. The molecule has 0 aromatic rings. The third kappa shape index (κ3) is 2.71. The predicted octanol–water partition coefficient (Wildman–Crippen LogP) is 1.72. The fourth-order valence-corrected chi connectivity index (χ4v) is 1.83. The van der Waals surface area contributed by atoms with E-state index in [2.05, 4.69) is 12.2 Å². The number of hydrogen-bond donors (Lipinski definition) is 1. The summed E-state index contributed by atoms with van der Waals surface area (Å²) in [7, 11) is 1.43. The summed E-state index contributed by atoms with van der Waals surface area (Å²) in [6, 6.07) is 0.462. The fraction of sp³-hybridized carbons (Fsp3) is 0.909. The standard InChI is InChI=1S/C11H21NO2/c1-5-9(8-6-7-8)12-11(2,3)10(13)14-4/h8-9,12H,5-7H2,1-4H3. The van der Waals surface area contributed by atoms with Crippen LogP contribution >= 0.6 is 0 Å². The summed E-state index contributed by atoms with van der Waals surface area (Å²) >= 11 is 0. The average Bonchev–Trinajstić information content (AvgIpc) is 2.96. The van der Waals surface area contributed by atoms with E-state index in [-0.39, 0.29) is 5.97 Å². The minimum atomic E-state index is -0.558. The molecule has 0 bridgehead atoms. The van der Waals surface area contributed by atoms with Crippen LogP contribution in [0.15, 0.2) is 0 Å². The van der Waals surface area contributed by atoms with E-state index in [9.17, 15) is 4.79 Å². The van der Waals surface area contributed by atoms with Gasteiger partial charge in [0.1, 0.15) is 5.54 Å². The van der Waals surface area contributed by atoms with E-state index < -0.39 is 5.54 Å². The number of carbonyl (C=O) groups is 1. The molecular weight excluding hydrogens is 178 g/mol. The molecule has 1 atom stereocenters. The van der Waals surface area contributed by atoms with Gasteiger partial charge in [0.25, 0.3) is 0 Å². The molecule has 0 radical (unpaired) electrons. The van der Waals surface area contributed by atoms with Crippen molar-refractivity contribution in [2.75, 3.05) is 7.11 Å². The highest BCUT2D eigenvalue weighted by atomic mass is 16.5. The van der Waals surface area contributed by atoms with Gasteiger partial charge >= 0.3 is 5.97 Å². The van der Waals surface area contributed by atoms with Crippen molar-refractivity contribution in [3.63, 3.8) is 0 Å². The smallest absolute Gasteiger partial charge is 0.325 e. The van der Waals surface area contributed by atoms with Crippen molar-refractivity contribution >= 4 is 5.97 Å². The van der Waals surface area contributed by atoms with Crippen LogP contribution in [-0.4, -0.2) is 24.7 Å². The van der Waals surface area contributed by atoms with Crippen LogP contribution in [0.1, 0.15) is 40.0 Å². The van der Waals surface area contributed by atoms with Crippen molar-refractivity contribution in [2.24, 2.45) is 5.92 Å². The van der Waals surface area contributed by atoms with Gasteiger partial charge in [-0.25, -0.2) is 0 Å². The number of ether oxygens (including phenoxy) is 1. The van der Waals surface area contributed by atoms with E-state index >= 15 is 0 Å². The second-order valence-corrected chi connectivity index (χ2v) is 4.61. The molecule has 0 heterocycles. The Morgan fingerprint density at radius 1 is 1.57 bits per heavy atom. The van der Waals surface area contributed by atoms with Gasteiger partial charge in [0.2, 0.25) is 0 Å². The lowest BCUT2D eigenvalue weighted by molar-refractivity contribution is -0.147. The minimum absolute atomic E-state index is 0.184. The first-order chi connectivity index (χ1) is 6.51. The summed E-state index contributed by atoms with van der Waals surface area (Å²) in [5.41, 5.74) is -0.558. The van der Waals surface area contributed by atoms with Gasteiger partial charge in [0.15, 0.2) is 0 Å². The molecule has 3 heteroatoms. The molecule has 3 nitrogen and oxygen atoms in total. The molecule has 0 aromatic carbocycles. The molecule has 0 aliphatic heterocycles. The van der Waals surface area contributed by atoms with E-state index in [0.29, 0.717) is 6.04 Å². The minimum Gasteiger partial charge on any atom is -0.468 e. The van der Waals surface area contributed by atoms with E-state index in [1.54, 1.807) is 0 Å². The molecule has 82 valence electrons. The summed E-state index contributed by atoms with van der Waals surface area (Å²) < 4.78 is 4.76. The van der Waals surface area contributed by atoms with Gasteiger partial charge in [-0.3, -0.25) is 10.1 Å². The quantitative estimate of drug-likeness (QED) is 0.685. The van der Waals surface area contributed by atoms with Crippen molar-refractivity contribution in [1.29, 1.82) is 0 Å². The number of esters is 1. The lowest BCUT2D eigenvalue weighted by atomic mass is 10.0. The van der Waals surface area contributed by atoms with Crippen LogP contribution in [0.4, 0.5) is 0 Å². The first-order valence-corrected chi connectivity index (χ1v) is 5.37. The Labute approximate surface area is 86.2 Å². The lowest BCUT2D eigenvalue weighted by Crippen LogP contribution is -2.52. The highest BCUT2D eigenvalue weighted by molar-refractivity contribution is 5.79. The van der Waals surface area contributed by atoms with Gasteiger partial charge in [0.05, 0.1) is 7.11 Å².